The first kappa shape index (κ1) is 14.8. The van der Waals surface area contributed by atoms with E-state index in [1.807, 2.05) is 25.1 Å². The van der Waals surface area contributed by atoms with Crippen LogP contribution in [0.25, 0.3) is 0 Å². The number of rotatable bonds is 4. The largest absolute Gasteiger partial charge is 0.497 e. The Hall–Kier alpha value is -1.58. The minimum Gasteiger partial charge on any atom is -0.497 e. The second-order valence-corrected chi connectivity index (χ2v) is 4.97. The van der Waals surface area contributed by atoms with Crippen molar-refractivity contribution in [1.29, 1.82) is 0 Å². The summed E-state index contributed by atoms with van der Waals surface area (Å²) in [6.07, 6.45) is 0. The molecular formula is C16H17ClFNO. The molecule has 1 unspecified atom stereocenters. The van der Waals surface area contributed by atoms with Crippen LogP contribution in [0.15, 0.2) is 36.4 Å². The van der Waals surface area contributed by atoms with Gasteiger partial charge in [-0.15, -0.1) is 0 Å². The Morgan fingerprint density at radius 1 is 1.20 bits per heavy atom. The van der Waals surface area contributed by atoms with Crippen molar-refractivity contribution in [3.05, 3.63) is 63.9 Å². The number of halogens is 2. The quantitative estimate of drug-likeness (QED) is 0.916. The lowest BCUT2D eigenvalue weighted by Gasteiger charge is -2.21. The van der Waals surface area contributed by atoms with Gasteiger partial charge in [-0.2, -0.15) is 0 Å². The summed E-state index contributed by atoms with van der Waals surface area (Å²) >= 11 is 6.15. The molecule has 0 amide bonds. The fourth-order valence-electron chi connectivity index (χ4n) is 2.28. The zero-order valence-corrected chi connectivity index (χ0v) is 12.5. The third-order valence-corrected chi connectivity index (χ3v) is 3.84. The molecule has 0 heterocycles. The van der Waals surface area contributed by atoms with E-state index < -0.39 is 0 Å². The first-order chi connectivity index (χ1) is 9.58. The van der Waals surface area contributed by atoms with Crippen molar-refractivity contribution in [3.8, 4) is 5.75 Å². The van der Waals surface area contributed by atoms with Crippen LogP contribution in [0.3, 0.4) is 0 Å². The molecular weight excluding hydrogens is 277 g/mol. The summed E-state index contributed by atoms with van der Waals surface area (Å²) in [5.74, 6) is 0.201. The fourth-order valence-corrected chi connectivity index (χ4v) is 2.47. The van der Waals surface area contributed by atoms with Gasteiger partial charge in [0.05, 0.1) is 13.2 Å². The molecule has 0 bridgehead atoms. The Labute approximate surface area is 123 Å². The molecule has 1 atom stereocenters. The van der Waals surface area contributed by atoms with E-state index in [2.05, 4.69) is 5.32 Å². The van der Waals surface area contributed by atoms with Crippen molar-refractivity contribution in [1.82, 2.24) is 5.32 Å². The summed E-state index contributed by atoms with van der Waals surface area (Å²) in [6, 6.07) is 10.3. The van der Waals surface area contributed by atoms with Crippen molar-refractivity contribution in [2.75, 3.05) is 14.2 Å². The first-order valence-corrected chi connectivity index (χ1v) is 6.72. The highest BCUT2D eigenvalue weighted by Crippen LogP contribution is 2.31. The van der Waals surface area contributed by atoms with Crippen molar-refractivity contribution in [2.24, 2.45) is 0 Å². The Balaban J connectivity index is 2.50. The number of hydrogen-bond donors (Lipinski definition) is 1. The average Bonchev–Trinajstić information content (AvgIpc) is 2.45. The predicted molar refractivity (Wildman–Crippen MR) is 80.0 cm³/mol. The van der Waals surface area contributed by atoms with Gasteiger partial charge in [-0.3, -0.25) is 0 Å². The molecule has 0 aliphatic carbocycles. The van der Waals surface area contributed by atoms with Gasteiger partial charge in [0.25, 0.3) is 0 Å². The molecule has 0 saturated heterocycles. The summed E-state index contributed by atoms with van der Waals surface area (Å²) in [5.41, 5.74) is 2.48. The van der Waals surface area contributed by atoms with Gasteiger partial charge in [-0.25, -0.2) is 4.39 Å². The number of methoxy groups -OCH3 is 1. The molecule has 4 heteroatoms. The molecule has 0 aliphatic heterocycles. The van der Waals surface area contributed by atoms with Gasteiger partial charge in [0.15, 0.2) is 0 Å². The molecule has 2 aromatic carbocycles. The third kappa shape index (κ3) is 2.79. The maximum absolute atomic E-state index is 14.2. The second kappa shape index (κ2) is 6.25. The van der Waals surface area contributed by atoms with Crippen molar-refractivity contribution < 1.29 is 9.13 Å². The van der Waals surface area contributed by atoms with Gasteiger partial charge in [-0.05, 0) is 37.2 Å². The van der Waals surface area contributed by atoms with Gasteiger partial charge < -0.3 is 10.1 Å². The van der Waals surface area contributed by atoms with Gasteiger partial charge in [0, 0.05) is 16.7 Å². The van der Waals surface area contributed by atoms with Crippen LogP contribution in [0, 0.1) is 12.7 Å². The second-order valence-electron chi connectivity index (χ2n) is 4.56. The van der Waals surface area contributed by atoms with Gasteiger partial charge in [0.2, 0.25) is 0 Å². The van der Waals surface area contributed by atoms with Crippen LogP contribution in [-0.4, -0.2) is 14.2 Å². The SMILES string of the molecule is CNC(c1ccc(OC)cc1F)c1cccc(Cl)c1C. The monoisotopic (exact) mass is 293 g/mol. The Morgan fingerprint density at radius 2 is 1.95 bits per heavy atom. The van der Waals surface area contributed by atoms with Gasteiger partial charge in [0.1, 0.15) is 11.6 Å². The molecule has 0 spiro atoms. The molecule has 2 nitrogen and oxygen atoms in total. The minimum atomic E-state index is -0.303. The van der Waals surface area contributed by atoms with E-state index in [0.29, 0.717) is 16.3 Å². The van der Waals surface area contributed by atoms with E-state index in [-0.39, 0.29) is 11.9 Å². The molecule has 0 aromatic heterocycles. The highest BCUT2D eigenvalue weighted by atomic mass is 35.5. The lowest BCUT2D eigenvalue weighted by atomic mass is 9.94. The lowest BCUT2D eigenvalue weighted by molar-refractivity contribution is 0.410. The smallest absolute Gasteiger partial charge is 0.132 e. The van der Waals surface area contributed by atoms with Gasteiger partial charge in [-0.1, -0.05) is 29.8 Å². The summed E-state index contributed by atoms with van der Waals surface area (Å²) in [7, 11) is 3.32. The van der Waals surface area contributed by atoms with Crippen molar-refractivity contribution >= 4 is 11.6 Å². The van der Waals surface area contributed by atoms with Gasteiger partial charge >= 0.3 is 0 Å². The van der Waals surface area contributed by atoms with Crippen LogP contribution in [0.1, 0.15) is 22.7 Å². The average molecular weight is 294 g/mol. The van der Waals surface area contributed by atoms with Crippen LogP contribution in [-0.2, 0) is 0 Å². The summed E-state index contributed by atoms with van der Waals surface area (Å²) < 4.78 is 19.3. The third-order valence-electron chi connectivity index (χ3n) is 3.43. The Bertz CT molecular complexity index is 615. The number of hydrogen-bond acceptors (Lipinski definition) is 2. The molecule has 0 fully saturated rings. The van der Waals surface area contributed by atoms with E-state index in [4.69, 9.17) is 16.3 Å². The highest BCUT2D eigenvalue weighted by molar-refractivity contribution is 6.31. The molecule has 20 heavy (non-hydrogen) atoms. The summed E-state index contributed by atoms with van der Waals surface area (Å²) in [4.78, 5) is 0. The molecule has 0 aliphatic rings. The number of ether oxygens (including phenoxy) is 1. The van der Waals surface area contributed by atoms with Crippen LogP contribution in [0.4, 0.5) is 4.39 Å². The van der Waals surface area contributed by atoms with Crippen LogP contribution >= 0.6 is 11.6 Å². The van der Waals surface area contributed by atoms with E-state index in [9.17, 15) is 4.39 Å². The summed E-state index contributed by atoms with van der Waals surface area (Å²) in [6.45, 7) is 1.93. The predicted octanol–water partition coefficient (Wildman–Crippen LogP) is 4.10. The summed E-state index contributed by atoms with van der Waals surface area (Å²) in [5, 5.41) is 3.82. The standard InChI is InChI=1S/C16H17ClFNO/c1-10-12(5-4-6-14(10)17)16(19-2)13-8-7-11(20-3)9-15(13)18/h4-9,16,19H,1-3H3. The van der Waals surface area contributed by atoms with Crippen LogP contribution in [0.5, 0.6) is 5.75 Å². The Morgan fingerprint density at radius 3 is 2.55 bits per heavy atom. The van der Waals surface area contributed by atoms with E-state index in [0.717, 1.165) is 11.1 Å². The Kier molecular flexibility index (Phi) is 4.63. The molecule has 0 saturated carbocycles. The van der Waals surface area contributed by atoms with E-state index in [1.165, 1.54) is 13.2 Å². The van der Waals surface area contributed by atoms with E-state index >= 15 is 0 Å². The molecule has 106 valence electrons. The number of nitrogens with one attached hydrogen (secondary N) is 1. The zero-order chi connectivity index (χ0) is 14.7. The first-order valence-electron chi connectivity index (χ1n) is 6.34. The highest BCUT2D eigenvalue weighted by Gasteiger charge is 2.19. The maximum Gasteiger partial charge on any atom is 0.132 e. The molecule has 2 rings (SSSR count). The maximum atomic E-state index is 14.2. The molecule has 2 aromatic rings. The molecule has 0 radical (unpaired) electrons. The lowest BCUT2D eigenvalue weighted by Crippen LogP contribution is -2.20. The van der Waals surface area contributed by atoms with Crippen molar-refractivity contribution in [3.63, 3.8) is 0 Å². The normalized spacial score (nSPS) is 12.2. The minimum absolute atomic E-state index is 0.250. The number of benzene rings is 2. The molecule has 1 N–H and O–H groups in total. The van der Waals surface area contributed by atoms with Crippen LogP contribution in [0.2, 0.25) is 5.02 Å². The fraction of sp³-hybridized carbons (Fsp3) is 0.250. The zero-order valence-electron chi connectivity index (χ0n) is 11.7. The topological polar surface area (TPSA) is 21.3 Å². The van der Waals surface area contributed by atoms with Crippen molar-refractivity contribution in [2.45, 2.75) is 13.0 Å². The van der Waals surface area contributed by atoms with Crippen LogP contribution < -0.4 is 10.1 Å². The van der Waals surface area contributed by atoms with E-state index in [1.54, 1.807) is 19.2 Å².